The molecule has 1 aromatic carbocycles. The van der Waals surface area contributed by atoms with Crippen LogP contribution in [0, 0.1) is 13.8 Å². The van der Waals surface area contributed by atoms with Crippen molar-refractivity contribution in [2.45, 2.75) is 33.4 Å². The van der Waals surface area contributed by atoms with Crippen molar-refractivity contribution in [3.8, 4) is 0 Å². The smallest absolute Gasteiger partial charge is 0.248 e. The fraction of sp³-hybridized carbons (Fsp3) is 0.294. The van der Waals surface area contributed by atoms with Gasteiger partial charge >= 0.3 is 0 Å². The first-order valence-electron chi connectivity index (χ1n) is 7.84. The molecule has 0 spiro atoms. The summed E-state index contributed by atoms with van der Waals surface area (Å²) in [6.07, 6.45) is 3.68. The van der Waals surface area contributed by atoms with E-state index in [0.29, 0.717) is 25.5 Å². The van der Waals surface area contributed by atoms with Crippen molar-refractivity contribution < 1.29 is 4.79 Å². The van der Waals surface area contributed by atoms with Crippen LogP contribution in [-0.4, -0.2) is 30.5 Å². The lowest BCUT2D eigenvalue weighted by molar-refractivity contribution is -0.116. The monoisotopic (exact) mass is 324 g/mol. The summed E-state index contributed by atoms with van der Waals surface area (Å²) in [6.45, 7) is 5.18. The van der Waals surface area contributed by atoms with E-state index in [4.69, 9.17) is 0 Å². The Kier molecular flexibility index (Phi) is 4.69. The summed E-state index contributed by atoms with van der Waals surface area (Å²) in [7, 11) is 0. The number of nitrogens with zero attached hydrogens (tertiary/aromatic N) is 5. The molecule has 0 fully saturated rings. The summed E-state index contributed by atoms with van der Waals surface area (Å²) in [5.41, 5.74) is 3.41. The number of rotatable bonds is 6. The Morgan fingerprint density at radius 1 is 1.21 bits per heavy atom. The van der Waals surface area contributed by atoms with Gasteiger partial charge in [0.1, 0.15) is 6.33 Å². The zero-order valence-electron chi connectivity index (χ0n) is 13.8. The summed E-state index contributed by atoms with van der Waals surface area (Å²) in [4.78, 5) is 16.1. The lowest BCUT2D eigenvalue weighted by Crippen LogP contribution is -2.16. The first-order valence-corrected chi connectivity index (χ1v) is 7.84. The van der Waals surface area contributed by atoms with E-state index in [9.17, 15) is 4.79 Å². The number of nitrogens with one attached hydrogen (secondary N) is 1. The van der Waals surface area contributed by atoms with Crippen LogP contribution in [-0.2, 0) is 17.9 Å². The number of aryl methyl sites for hydroxylation is 3. The molecule has 0 bridgehead atoms. The van der Waals surface area contributed by atoms with Gasteiger partial charge in [0.25, 0.3) is 0 Å². The minimum Gasteiger partial charge on any atom is -0.293 e. The van der Waals surface area contributed by atoms with Crippen LogP contribution in [0.3, 0.4) is 0 Å². The highest BCUT2D eigenvalue weighted by Crippen LogP contribution is 2.09. The van der Waals surface area contributed by atoms with Gasteiger partial charge in [-0.05, 0) is 31.0 Å². The highest BCUT2D eigenvalue weighted by Gasteiger charge is 2.08. The van der Waals surface area contributed by atoms with E-state index < -0.39 is 0 Å². The van der Waals surface area contributed by atoms with Gasteiger partial charge in [-0.2, -0.15) is 5.10 Å². The molecule has 2 heterocycles. The Morgan fingerprint density at radius 2 is 2.04 bits per heavy atom. The van der Waals surface area contributed by atoms with Crippen molar-refractivity contribution in [2.75, 3.05) is 5.32 Å². The topological polar surface area (TPSA) is 77.6 Å². The van der Waals surface area contributed by atoms with Crippen LogP contribution in [0.2, 0.25) is 0 Å². The van der Waals surface area contributed by atoms with Crippen LogP contribution in [0.15, 0.2) is 42.9 Å². The molecule has 0 saturated heterocycles. The molecule has 2 aromatic heterocycles. The third-order valence-electron chi connectivity index (χ3n) is 3.86. The maximum absolute atomic E-state index is 12.0. The SMILES string of the molecule is Cc1ccccc1Cn1cnc(NC(=O)CCn2nccc2C)n1. The molecule has 0 saturated carbocycles. The molecule has 24 heavy (non-hydrogen) atoms. The van der Waals surface area contributed by atoms with E-state index in [-0.39, 0.29) is 5.91 Å². The highest BCUT2D eigenvalue weighted by molar-refractivity contribution is 5.88. The van der Waals surface area contributed by atoms with Gasteiger partial charge in [-0.15, -0.1) is 5.10 Å². The molecule has 7 nitrogen and oxygen atoms in total. The maximum atomic E-state index is 12.0. The molecular formula is C17H20N6O. The van der Waals surface area contributed by atoms with Gasteiger partial charge in [-0.1, -0.05) is 24.3 Å². The lowest BCUT2D eigenvalue weighted by Gasteiger charge is -2.05. The molecule has 124 valence electrons. The minimum atomic E-state index is -0.126. The minimum absolute atomic E-state index is 0.126. The molecule has 3 rings (SSSR count). The van der Waals surface area contributed by atoms with Gasteiger partial charge in [0.15, 0.2) is 0 Å². The van der Waals surface area contributed by atoms with Crippen molar-refractivity contribution >= 4 is 11.9 Å². The first kappa shape index (κ1) is 15.9. The van der Waals surface area contributed by atoms with Gasteiger partial charge in [-0.3, -0.25) is 14.8 Å². The van der Waals surface area contributed by atoms with E-state index in [1.807, 2.05) is 25.1 Å². The number of benzene rings is 1. The Morgan fingerprint density at radius 3 is 2.79 bits per heavy atom. The number of amides is 1. The lowest BCUT2D eigenvalue weighted by atomic mass is 10.1. The molecule has 3 aromatic rings. The zero-order valence-corrected chi connectivity index (χ0v) is 13.8. The molecule has 7 heteroatoms. The average Bonchev–Trinajstić information content (AvgIpc) is 3.17. The van der Waals surface area contributed by atoms with Crippen molar-refractivity contribution in [3.05, 3.63) is 59.7 Å². The zero-order chi connectivity index (χ0) is 16.9. The van der Waals surface area contributed by atoms with Crippen LogP contribution in [0.1, 0.15) is 23.2 Å². The second-order valence-corrected chi connectivity index (χ2v) is 5.69. The van der Waals surface area contributed by atoms with Crippen LogP contribution in [0.5, 0.6) is 0 Å². The molecule has 0 aliphatic heterocycles. The number of anilines is 1. The average molecular weight is 324 g/mol. The first-order chi connectivity index (χ1) is 11.6. The van der Waals surface area contributed by atoms with Gasteiger partial charge in [0.2, 0.25) is 11.9 Å². The quantitative estimate of drug-likeness (QED) is 0.754. The molecule has 0 atom stereocenters. The normalized spacial score (nSPS) is 10.8. The van der Waals surface area contributed by atoms with Crippen LogP contribution in [0.25, 0.3) is 0 Å². The van der Waals surface area contributed by atoms with E-state index >= 15 is 0 Å². The van der Waals surface area contributed by atoms with Gasteiger partial charge in [-0.25, -0.2) is 9.67 Å². The summed E-state index contributed by atoms with van der Waals surface area (Å²) in [5, 5.41) is 11.2. The highest BCUT2D eigenvalue weighted by atomic mass is 16.1. The largest absolute Gasteiger partial charge is 0.293 e. The number of aromatic nitrogens is 5. The molecule has 1 amide bonds. The molecular weight excluding hydrogens is 304 g/mol. The standard InChI is InChI=1S/C17H20N6O/c1-13-5-3-4-6-15(13)11-22-12-18-17(21-22)20-16(24)8-10-23-14(2)7-9-19-23/h3-7,9,12H,8,10-11H2,1-2H3,(H,20,21,24). The van der Waals surface area contributed by atoms with Gasteiger partial charge < -0.3 is 0 Å². The molecule has 0 aliphatic carbocycles. The molecule has 1 N–H and O–H groups in total. The third kappa shape index (κ3) is 3.87. The van der Waals surface area contributed by atoms with Crippen LogP contribution >= 0.6 is 0 Å². The summed E-state index contributed by atoms with van der Waals surface area (Å²) in [6, 6.07) is 10.0. The predicted molar refractivity (Wildman–Crippen MR) is 90.5 cm³/mol. The van der Waals surface area contributed by atoms with E-state index in [2.05, 4.69) is 39.6 Å². The number of hydrogen-bond donors (Lipinski definition) is 1. The van der Waals surface area contributed by atoms with Gasteiger partial charge in [0.05, 0.1) is 6.54 Å². The fourth-order valence-corrected chi connectivity index (χ4v) is 2.42. The Labute approximate surface area is 140 Å². The van der Waals surface area contributed by atoms with Crippen molar-refractivity contribution in [2.24, 2.45) is 0 Å². The van der Waals surface area contributed by atoms with Crippen molar-refractivity contribution in [1.82, 2.24) is 24.5 Å². The molecule has 0 unspecified atom stereocenters. The second kappa shape index (κ2) is 7.08. The predicted octanol–water partition coefficient (Wildman–Crippen LogP) is 2.17. The number of carbonyl (C=O) groups excluding carboxylic acids is 1. The second-order valence-electron chi connectivity index (χ2n) is 5.69. The number of carbonyl (C=O) groups is 1. The third-order valence-corrected chi connectivity index (χ3v) is 3.86. The molecule has 0 aliphatic rings. The fourth-order valence-electron chi connectivity index (χ4n) is 2.42. The van der Waals surface area contributed by atoms with E-state index in [0.717, 1.165) is 5.69 Å². The summed E-state index contributed by atoms with van der Waals surface area (Å²) >= 11 is 0. The summed E-state index contributed by atoms with van der Waals surface area (Å²) < 4.78 is 3.51. The maximum Gasteiger partial charge on any atom is 0.248 e. The Bertz CT molecular complexity index is 835. The van der Waals surface area contributed by atoms with Gasteiger partial charge in [0, 0.05) is 24.9 Å². The van der Waals surface area contributed by atoms with E-state index in [1.54, 1.807) is 21.9 Å². The van der Waals surface area contributed by atoms with Crippen LogP contribution in [0.4, 0.5) is 5.95 Å². The molecule has 0 radical (unpaired) electrons. The Balaban J connectivity index is 1.55. The van der Waals surface area contributed by atoms with Crippen molar-refractivity contribution in [1.29, 1.82) is 0 Å². The Hall–Kier alpha value is -2.96. The van der Waals surface area contributed by atoms with E-state index in [1.165, 1.54) is 11.1 Å². The van der Waals surface area contributed by atoms with Crippen LogP contribution < -0.4 is 5.32 Å². The van der Waals surface area contributed by atoms with Crippen molar-refractivity contribution in [3.63, 3.8) is 0 Å². The summed E-state index contributed by atoms with van der Waals surface area (Å²) in [5.74, 6) is 0.198. The number of hydrogen-bond acceptors (Lipinski definition) is 4.